The van der Waals surface area contributed by atoms with Gasteiger partial charge >= 0.3 is 5.97 Å². The van der Waals surface area contributed by atoms with Crippen LogP contribution in [0.15, 0.2) is 36.4 Å². The molecule has 2 aliphatic heterocycles. The first kappa shape index (κ1) is 26.1. The molecule has 2 aliphatic rings. The van der Waals surface area contributed by atoms with Crippen LogP contribution in [0.25, 0.3) is 0 Å². The van der Waals surface area contributed by atoms with E-state index in [2.05, 4.69) is 70.6 Å². The number of fused-ring (bicyclic) bond motifs is 2. The Morgan fingerprint density at radius 1 is 0.667 bits per heavy atom. The summed E-state index contributed by atoms with van der Waals surface area (Å²) in [5.41, 5.74) is 1.31. The molecule has 3 nitrogen and oxygen atoms in total. The number of aldehydes is 1. The molecule has 0 fully saturated rings. The SMILES string of the molecule is C[Si]1(C)CC[Si](C)(C)c2cc(C(=O)O)ccc21.C[Si]1(C)CC[Si](C)(C)c2cc(C=O)ccc21. The fourth-order valence-electron chi connectivity index (χ4n) is 5.40. The van der Waals surface area contributed by atoms with Crippen LogP contribution in [0.4, 0.5) is 0 Å². The van der Waals surface area contributed by atoms with E-state index in [1.165, 1.54) is 34.5 Å². The minimum absolute atomic E-state index is 0.455. The fourth-order valence-corrected chi connectivity index (χ4v) is 25.9. The van der Waals surface area contributed by atoms with Crippen molar-refractivity contribution in [3.63, 3.8) is 0 Å². The third kappa shape index (κ3) is 5.26. The van der Waals surface area contributed by atoms with Gasteiger partial charge in [0.25, 0.3) is 0 Å². The van der Waals surface area contributed by atoms with Crippen molar-refractivity contribution in [1.29, 1.82) is 0 Å². The molecule has 178 valence electrons. The highest BCUT2D eigenvalue weighted by atomic mass is 28.3. The van der Waals surface area contributed by atoms with Gasteiger partial charge in [-0.2, -0.15) is 0 Å². The van der Waals surface area contributed by atoms with Gasteiger partial charge in [0.1, 0.15) is 6.29 Å². The zero-order chi connectivity index (χ0) is 24.8. The van der Waals surface area contributed by atoms with E-state index in [0.717, 1.165) is 11.8 Å². The number of carboxylic acid groups (broad SMARTS) is 1. The van der Waals surface area contributed by atoms with Crippen molar-refractivity contribution in [2.24, 2.45) is 0 Å². The highest BCUT2D eigenvalue weighted by Crippen LogP contribution is 2.27. The van der Waals surface area contributed by atoms with Crippen molar-refractivity contribution in [3.8, 4) is 0 Å². The molecule has 33 heavy (non-hydrogen) atoms. The van der Waals surface area contributed by atoms with Crippen molar-refractivity contribution in [1.82, 2.24) is 0 Å². The van der Waals surface area contributed by atoms with Gasteiger partial charge in [0.15, 0.2) is 0 Å². The zero-order valence-corrected chi connectivity index (χ0v) is 25.6. The summed E-state index contributed by atoms with van der Waals surface area (Å²) in [4.78, 5) is 22.0. The van der Waals surface area contributed by atoms with Crippen molar-refractivity contribution in [2.45, 2.75) is 76.6 Å². The van der Waals surface area contributed by atoms with Crippen LogP contribution in [0.3, 0.4) is 0 Å². The molecule has 4 rings (SSSR count). The predicted octanol–water partition coefficient (Wildman–Crippen LogP) is 4.57. The van der Waals surface area contributed by atoms with Gasteiger partial charge in [-0.3, -0.25) is 4.79 Å². The Balaban J connectivity index is 0.000000186. The van der Waals surface area contributed by atoms with Gasteiger partial charge in [0, 0.05) is 5.56 Å². The van der Waals surface area contributed by atoms with E-state index in [4.69, 9.17) is 5.11 Å². The Labute approximate surface area is 203 Å². The number of carboxylic acids is 1. The lowest BCUT2D eigenvalue weighted by Gasteiger charge is -2.39. The van der Waals surface area contributed by atoms with Crippen molar-refractivity contribution in [3.05, 3.63) is 47.5 Å². The molecule has 2 aromatic carbocycles. The van der Waals surface area contributed by atoms with Crippen LogP contribution in [0, 0.1) is 0 Å². The average molecular weight is 513 g/mol. The number of rotatable bonds is 2. The minimum atomic E-state index is -1.41. The first-order chi connectivity index (χ1) is 15.1. The largest absolute Gasteiger partial charge is 0.478 e. The van der Waals surface area contributed by atoms with E-state index >= 15 is 0 Å². The Kier molecular flexibility index (Phi) is 7.03. The summed E-state index contributed by atoms with van der Waals surface area (Å²) >= 11 is 0. The maximum Gasteiger partial charge on any atom is 0.335 e. The molecule has 0 aliphatic carbocycles. The first-order valence-electron chi connectivity index (χ1n) is 12.1. The summed E-state index contributed by atoms with van der Waals surface area (Å²) in [7, 11) is -5.21. The molecule has 0 amide bonds. The van der Waals surface area contributed by atoms with Gasteiger partial charge in [-0.25, -0.2) is 4.79 Å². The van der Waals surface area contributed by atoms with E-state index in [1.807, 2.05) is 12.1 Å². The lowest BCUT2D eigenvalue weighted by molar-refractivity contribution is 0.0697. The first-order valence-corrected chi connectivity index (χ1v) is 24.9. The van der Waals surface area contributed by atoms with Crippen molar-refractivity contribution in [2.75, 3.05) is 0 Å². The van der Waals surface area contributed by atoms with Gasteiger partial charge in [-0.05, 0) is 12.1 Å². The number of aromatic carboxylic acids is 1. The van der Waals surface area contributed by atoms with E-state index in [1.54, 1.807) is 16.4 Å². The summed E-state index contributed by atoms with van der Waals surface area (Å²) in [6, 6.07) is 17.7. The molecule has 0 radical (unpaired) electrons. The van der Waals surface area contributed by atoms with Crippen LogP contribution in [-0.4, -0.2) is 49.7 Å². The molecular formula is C26H40O3Si4. The van der Waals surface area contributed by atoms with Gasteiger partial charge in [0.05, 0.1) is 37.9 Å². The minimum Gasteiger partial charge on any atom is -0.478 e. The number of carbonyl (C=O) groups is 2. The lowest BCUT2D eigenvalue weighted by atomic mass is 10.2. The van der Waals surface area contributed by atoms with Crippen molar-refractivity contribution >= 4 is 65.3 Å². The molecular weight excluding hydrogens is 473 g/mol. The molecule has 2 aromatic rings. The van der Waals surface area contributed by atoms with Gasteiger partial charge in [-0.1, -0.05) is 122 Å². The van der Waals surface area contributed by atoms with Crippen LogP contribution in [-0.2, 0) is 0 Å². The smallest absolute Gasteiger partial charge is 0.335 e. The van der Waals surface area contributed by atoms with Gasteiger partial charge < -0.3 is 5.11 Å². The Morgan fingerprint density at radius 2 is 1.06 bits per heavy atom. The number of hydrogen-bond donors (Lipinski definition) is 1. The van der Waals surface area contributed by atoms with Gasteiger partial charge in [0.2, 0.25) is 0 Å². The summed E-state index contributed by atoms with van der Waals surface area (Å²) in [6.07, 6.45) is 0.980. The zero-order valence-electron chi connectivity index (χ0n) is 21.6. The van der Waals surface area contributed by atoms with E-state index in [-0.39, 0.29) is 0 Å². The Morgan fingerprint density at radius 3 is 1.48 bits per heavy atom. The highest BCUT2D eigenvalue weighted by molar-refractivity contribution is 7.04. The van der Waals surface area contributed by atoms with Crippen LogP contribution in [0.2, 0.25) is 76.6 Å². The van der Waals surface area contributed by atoms with Crippen LogP contribution < -0.4 is 20.7 Å². The maximum absolute atomic E-state index is 11.1. The van der Waals surface area contributed by atoms with E-state index in [0.29, 0.717) is 5.56 Å². The third-order valence-corrected chi connectivity index (χ3v) is 23.1. The summed E-state index contributed by atoms with van der Waals surface area (Å²) < 4.78 is 0. The fraction of sp³-hybridized carbons (Fsp3) is 0.462. The quantitative estimate of drug-likeness (QED) is 0.474. The van der Waals surface area contributed by atoms with E-state index < -0.39 is 38.3 Å². The maximum atomic E-state index is 11.1. The van der Waals surface area contributed by atoms with Gasteiger partial charge in [-0.15, -0.1) is 0 Å². The molecule has 2 heterocycles. The standard InChI is InChI=1S/C13H20O2Si2.C13H20OSi2/c1-16(2)7-8-17(3,4)12-9-10(13(14)15)5-6-11(12)16;1-15(2)7-8-16(3,4)13-9-11(10-14)5-6-12(13)15/h5-6,9H,7-8H2,1-4H3,(H,14,15);5-6,9-10H,7-8H2,1-4H3. The molecule has 0 saturated heterocycles. The lowest BCUT2D eigenvalue weighted by Crippen LogP contribution is -2.63. The second kappa shape index (κ2) is 8.91. The van der Waals surface area contributed by atoms with Crippen LogP contribution >= 0.6 is 0 Å². The second-order valence-corrected chi connectivity index (χ2v) is 31.7. The van der Waals surface area contributed by atoms with E-state index in [9.17, 15) is 9.59 Å². The molecule has 0 saturated carbocycles. The van der Waals surface area contributed by atoms with Crippen molar-refractivity contribution < 1.29 is 14.7 Å². The number of carbonyl (C=O) groups excluding carboxylic acids is 1. The normalized spacial score (nSPS) is 21.0. The molecule has 1 N–H and O–H groups in total. The van der Waals surface area contributed by atoms with Crippen LogP contribution in [0.1, 0.15) is 20.7 Å². The summed E-state index contributed by atoms with van der Waals surface area (Å²) in [5, 5.41) is 15.2. The number of benzene rings is 2. The number of hydrogen-bond acceptors (Lipinski definition) is 2. The topological polar surface area (TPSA) is 54.4 Å². The molecule has 0 bridgehead atoms. The molecule has 0 aromatic heterocycles. The van der Waals surface area contributed by atoms with Crippen LogP contribution in [0.5, 0.6) is 0 Å². The molecule has 7 heteroatoms. The molecule has 0 atom stereocenters. The molecule has 0 unspecified atom stereocenters. The summed E-state index contributed by atoms with van der Waals surface area (Å²) in [5.74, 6) is -0.803. The monoisotopic (exact) mass is 512 g/mol. The third-order valence-electron chi connectivity index (χ3n) is 8.11. The Hall–Kier alpha value is -1.55. The predicted molar refractivity (Wildman–Crippen MR) is 153 cm³/mol. The average Bonchev–Trinajstić information content (AvgIpc) is 2.75. The highest BCUT2D eigenvalue weighted by Gasteiger charge is 2.40. The Bertz CT molecular complexity index is 1090. The summed E-state index contributed by atoms with van der Waals surface area (Å²) in [6.45, 7) is 19.3. The molecule has 0 spiro atoms. The second-order valence-electron chi connectivity index (χ2n) is 12.5.